The van der Waals surface area contributed by atoms with Crippen LogP contribution in [0.2, 0.25) is 0 Å². The Morgan fingerprint density at radius 3 is 2.48 bits per heavy atom. The lowest BCUT2D eigenvalue weighted by Gasteiger charge is -2.20. The Hall–Kier alpha value is -0.350. The lowest BCUT2D eigenvalue weighted by molar-refractivity contribution is 0.394. The quantitative estimate of drug-likeness (QED) is 0.664. The van der Waals surface area contributed by atoms with Crippen LogP contribution in [0.1, 0.15) is 65.3 Å². The summed E-state index contributed by atoms with van der Waals surface area (Å²) >= 11 is 3.75. The van der Waals surface area contributed by atoms with E-state index in [0.29, 0.717) is 6.04 Å². The van der Waals surface area contributed by atoms with Gasteiger partial charge in [0, 0.05) is 12.6 Å². The SMILES string of the molecule is CCCNC(CCc1c(Br)c(CC)nn1CC)CC(C)C. The summed E-state index contributed by atoms with van der Waals surface area (Å²) in [5.74, 6) is 0.741. The Balaban J connectivity index is 2.72. The first kappa shape index (κ1) is 18.7. The van der Waals surface area contributed by atoms with E-state index in [1.165, 1.54) is 35.1 Å². The van der Waals surface area contributed by atoms with Crippen LogP contribution in [-0.2, 0) is 19.4 Å². The van der Waals surface area contributed by atoms with Crippen LogP contribution < -0.4 is 5.32 Å². The van der Waals surface area contributed by atoms with Gasteiger partial charge in [0.05, 0.1) is 15.9 Å². The first-order valence-electron chi connectivity index (χ1n) is 8.50. The van der Waals surface area contributed by atoms with Crippen molar-refractivity contribution in [3.63, 3.8) is 0 Å². The second-order valence-electron chi connectivity index (χ2n) is 6.20. The molecule has 1 rings (SSSR count). The standard InChI is InChI=1S/C17H32BrN3/c1-6-11-19-14(12-13(4)5)9-10-16-17(18)15(7-2)20-21(16)8-3/h13-14,19H,6-12H2,1-5H3. The summed E-state index contributed by atoms with van der Waals surface area (Å²) in [6.45, 7) is 13.3. The summed E-state index contributed by atoms with van der Waals surface area (Å²) in [6, 6.07) is 0.613. The summed E-state index contributed by atoms with van der Waals surface area (Å²) in [6.07, 6.45) is 5.72. The summed E-state index contributed by atoms with van der Waals surface area (Å²) in [7, 11) is 0. The molecule has 0 bridgehead atoms. The van der Waals surface area contributed by atoms with Gasteiger partial charge in [-0.05, 0) is 67.4 Å². The van der Waals surface area contributed by atoms with Gasteiger partial charge in [-0.3, -0.25) is 4.68 Å². The molecular formula is C17H32BrN3. The second-order valence-corrected chi connectivity index (χ2v) is 6.99. The molecule has 0 spiro atoms. The predicted octanol–water partition coefficient (Wildman–Crippen LogP) is 4.57. The lowest BCUT2D eigenvalue weighted by Crippen LogP contribution is -2.31. The molecule has 0 saturated carbocycles. The summed E-state index contributed by atoms with van der Waals surface area (Å²) in [5.41, 5.74) is 2.55. The van der Waals surface area contributed by atoms with E-state index in [4.69, 9.17) is 5.10 Å². The third-order valence-corrected chi connectivity index (χ3v) is 4.78. The van der Waals surface area contributed by atoms with Crippen molar-refractivity contribution in [3.8, 4) is 0 Å². The van der Waals surface area contributed by atoms with Crippen molar-refractivity contribution < 1.29 is 0 Å². The first-order chi connectivity index (χ1) is 10.0. The summed E-state index contributed by atoms with van der Waals surface area (Å²) in [5, 5.41) is 8.40. The molecule has 1 N–H and O–H groups in total. The lowest BCUT2D eigenvalue weighted by atomic mass is 9.98. The maximum atomic E-state index is 4.70. The molecule has 1 aromatic rings. The minimum atomic E-state index is 0.613. The smallest absolute Gasteiger partial charge is 0.0766 e. The van der Waals surface area contributed by atoms with Gasteiger partial charge in [0.15, 0.2) is 0 Å². The van der Waals surface area contributed by atoms with Crippen molar-refractivity contribution in [3.05, 3.63) is 15.9 Å². The molecule has 1 aromatic heterocycles. The molecule has 0 saturated heterocycles. The Kier molecular flexibility index (Phi) is 8.57. The molecule has 0 aliphatic carbocycles. The van der Waals surface area contributed by atoms with E-state index < -0.39 is 0 Å². The molecule has 21 heavy (non-hydrogen) atoms. The fraction of sp³-hybridized carbons (Fsp3) is 0.824. The van der Waals surface area contributed by atoms with Crippen LogP contribution >= 0.6 is 15.9 Å². The normalized spacial score (nSPS) is 13.1. The predicted molar refractivity (Wildman–Crippen MR) is 94.8 cm³/mol. The van der Waals surface area contributed by atoms with Gasteiger partial charge in [-0.1, -0.05) is 27.7 Å². The number of nitrogens with zero attached hydrogens (tertiary/aromatic N) is 2. The van der Waals surface area contributed by atoms with Gasteiger partial charge in [-0.2, -0.15) is 5.10 Å². The fourth-order valence-corrected chi connectivity index (χ4v) is 3.55. The highest BCUT2D eigenvalue weighted by atomic mass is 79.9. The Bertz CT molecular complexity index is 412. The van der Waals surface area contributed by atoms with E-state index in [-0.39, 0.29) is 0 Å². The van der Waals surface area contributed by atoms with Crippen molar-refractivity contribution in [1.82, 2.24) is 15.1 Å². The van der Waals surface area contributed by atoms with Crippen molar-refractivity contribution in [2.24, 2.45) is 5.92 Å². The van der Waals surface area contributed by atoms with Gasteiger partial charge in [0.2, 0.25) is 0 Å². The van der Waals surface area contributed by atoms with Crippen LogP contribution in [0.5, 0.6) is 0 Å². The minimum absolute atomic E-state index is 0.613. The molecule has 0 radical (unpaired) electrons. The number of hydrogen-bond acceptors (Lipinski definition) is 2. The minimum Gasteiger partial charge on any atom is -0.314 e. The third kappa shape index (κ3) is 5.74. The van der Waals surface area contributed by atoms with E-state index >= 15 is 0 Å². The van der Waals surface area contributed by atoms with Gasteiger partial charge < -0.3 is 5.32 Å². The molecule has 0 aromatic carbocycles. The molecule has 4 heteroatoms. The highest BCUT2D eigenvalue weighted by Crippen LogP contribution is 2.24. The molecule has 1 atom stereocenters. The van der Waals surface area contributed by atoms with E-state index in [1.807, 2.05) is 0 Å². The summed E-state index contributed by atoms with van der Waals surface area (Å²) < 4.78 is 3.39. The zero-order chi connectivity index (χ0) is 15.8. The molecule has 0 aliphatic rings. The maximum absolute atomic E-state index is 4.70. The van der Waals surface area contributed by atoms with Gasteiger partial charge >= 0.3 is 0 Å². The molecule has 0 amide bonds. The number of aromatic nitrogens is 2. The highest BCUT2D eigenvalue weighted by molar-refractivity contribution is 9.10. The van der Waals surface area contributed by atoms with Gasteiger partial charge in [-0.25, -0.2) is 0 Å². The van der Waals surface area contributed by atoms with Crippen molar-refractivity contribution >= 4 is 15.9 Å². The third-order valence-electron chi connectivity index (χ3n) is 3.86. The average molecular weight is 358 g/mol. The number of aryl methyl sites for hydroxylation is 2. The van der Waals surface area contributed by atoms with Crippen molar-refractivity contribution in [2.45, 2.75) is 79.3 Å². The monoisotopic (exact) mass is 357 g/mol. The van der Waals surface area contributed by atoms with E-state index in [9.17, 15) is 0 Å². The molecule has 3 nitrogen and oxygen atoms in total. The molecule has 0 aliphatic heterocycles. The fourth-order valence-electron chi connectivity index (χ4n) is 2.79. The Labute approximate surface area is 139 Å². The van der Waals surface area contributed by atoms with Crippen LogP contribution in [0, 0.1) is 5.92 Å². The van der Waals surface area contributed by atoms with E-state index in [1.54, 1.807) is 0 Å². The van der Waals surface area contributed by atoms with Crippen LogP contribution in [0.15, 0.2) is 4.47 Å². The van der Waals surface area contributed by atoms with Gasteiger partial charge in [-0.15, -0.1) is 0 Å². The first-order valence-corrected chi connectivity index (χ1v) is 9.30. The average Bonchev–Trinajstić information content (AvgIpc) is 2.77. The van der Waals surface area contributed by atoms with Gasteiger partial charge in [0.1, 0.15) is 0 Å². The van der Waals surface area contributed by atoms with Crippen LogP contribution in [0.4, 0.5) is 0 Å². The number of rotatable bonds is 10. The zero-order valence-electron chi connectivity index (χ0n) is 14.4. The molecule has 122 valence electrons. The van der Waals surface area contributed by atoms with Crippen molar-refractivity contribution in [1.29, 1.82) is 0 Å². The van der Waals surface area contributed by atoms with Crippen LogP contribution in [0.25, 0.3) is 0 Å². The molecule has 1 unspecified atom stereocenters. The Morgan fingerprint density at radius 1 is 1.24 bits per heavy atom. The molecule has 0 fully saturated rings. The van der Waals surface area contributed by atoms with Crippen LogP contribution in [0.3, 0.4) is 0 Å². The molecular weight excluding hydrogens is 326 g/mol. The number of nitrogens with one attached hydrogen (secondary N) is 1. The molecule has 1 heterocycles. The van der Waals surface area contributed by atoms with Crippen LogP contribution in [-0.4, -0.2) is 22.4 Å². The van der Waals surface area contributed by atoms with Crippen molar-refractivity contribution in [2.75, 3.05) is 6.54 Å². The van der Waals surface area contributed by atoms with E-state index in [2.05, 4.69) is 60.5 Å². The summed E-state index contributed by atoms with van der Waals surface area (Å²) in [4.78, 5) is 0. The Morgan fingerprint density at radius 2 is 1.95 bits per heavy atom. The zero-order valence-corrected chi connectivity index (χ0v) is 16.0. The van der Waals surface area contributed by atoms with Gasteiger partial charge in [0.25, 0.3) is 0 Å². The van der Waals surface area contributed by atoms with E-state index in [0.717, 1.165) is 31.8 Å². The maximum Gasteiger partial charge on any atom is 0.0766 e. The second kappa shape index (κ2) is 9.62. The highest BCUT2D eigenvalue weighted by Gasteiger charge is 2.16. The largest absolute Gasteiger partial charge is 0.314 e. The number of hydrogen-bond donors (Lipinski definition) is 1. The number of halogens is 1. The topological polar surface area (TPSA) is 29.9 Å².